The number of nitrogens with zero attached hydrogens (tertiary/aromatic N) is 1. The van der Waals surface area contributed by atoms with Gasteiger partial charge in [-0.15, -0.1) is 0 Å². The summed E-state index contributed by atoms with van der Waals surface area (Å²) in [5.74, 6) is 0.745. The molecule has 0 aliphatic carbocycles. The number of hydrogen-bond acceptors (Lipinski definition) is 3. The molecule has 0 aromatic rings. The number of nitrogens with two attached hydrogens (primary N) is 1. The molecule has 2 rings (SSSR count). The molecule has 0 saturated carbocycles. The normalized spacial score (nSPS) is 34.9. The molecule has 3 heteroatoms. The number of likely N-dealkylation sites (tertiary alicyclic amines) is 1. The molecule has 0 aromatic heterocycles. The predicted molar refractivity (Wildman–Crippen MR) is 57.1 cm³/mol. The van der Waals surface area contributed by atoms with Crippen LogP contribution in [-0.2, 0) is 4.74 Å². The van der Waals surface area contributed by atoms with Gasteiger partial charge < -0.3 is 15.4 Å². The maximum Gasteiger partial charge on any atom is 0.0562 e. The molecular formula is C11H22N2O. The van der Waals surface area contributed by atoms with Crippen LogP contribution < -0.4 is 5.73 Å². The first kappa shape index (κ1) is 10.4. The molecule has 2 fully saturated rings. The highest BCUT2D eigenvalue weighted by Gasteiger charge is 2.48. The van der Waals surface area contributed by atoms with Crippen molar-refractivity contribution in [3.8, 4) is 0 Å². The number of ether oxygens (including phenoxy) is 1. The fourth-order valence-corrected chi connectivity index (χ4v) is 2.84. The third-order valence-corrected chi connectivity index (χ3v) is 4.09. The predicted octanol–water partition coefficient (Wildman–Crippen LogP) is 0.692. The van der Waals surface area contributed by atoms with Crippen LogP contribution in [0.5, 0.6) is 0 Å². The Balaban J connectivity index is 2.04. The van der Waals surface area contributed by atoms with Crippen molar-refractivity contribution >= 4 is 0 Å². The SMILES string of the molecule is CC(N)C1(C2CCCN(C)C2)COC1. The molecule has 2 saturated heterocycles. The molecular weight excluding hydrogens is 176 g/mol. The molecule has 14 heavy (non-hydrogen) atoms. The van der Waals surface area contributed by atoms with Crippen molar-refractivity contribution in [2.75, 3.05) is 33.4 Å². The van der Waals surface area contributed by atoms with Crippen LogP contribution in [0, 0.1) is 11.3 Å². The van der Waals surface area contributed by atoms with E-state index in [0.717, 1.165) is 19.1 Å². The summed E-state index contributed by atoms with van der Waals surface area (Å²) in [6.45, 7) is 6.33. The van der Waals surface area contributed by atoms with E-state index >= 15 is 0 Å². The Morgan fingerprint density at radius 2 is 2.21 bits per heavy atom. The molecule has 2 atom stereocenters. The van der Waals surface area contributed by atoms with Gasteiger partial charge >= 0.3 is 0 Å². The lowest BCUT2D eigenvalue weighted by Gasteiger charge is -2.52. The van der Waals surface area contributed by atoms with Crippen LogP contribution in [0.25, 0.3) is 0 Å². The fourth-order valence-electron chi connectivity index (χ4n) is 2.84. The maximum atomic E-state index is 6.11. The zero-order valence-corrected chi connectivity index (χ0v) is 9.33. The van der Waals surface area contributed by atoms with Gasteiger partial charge in [-0.05, 0) is 39.3 Å². The standard InChI is InChI=1S/C11H22N2O/c1-9(12)11(7-14-8-11)10-4-3-5-13(2)6-10/h9-10H,3-8,12H2,1-2H3. The van der Waals surface area contributed by atoms with Crippen LogP contribution >= 0.6 is 0 Å². The van der Waals surface area contributed by atoms with Crippen molar-refractivity contribution in [1.82, 2.24) is 4.90 Å². The molecule has 2 heterocycles. The average Bonchev–Trinajstić information content (AvgIpc) is 2.00. The maximum absolute atomic E-state index is 6.11. The molecule has 0 amide bonds. The summed E-state index contributed by atoms with van der Waals surface area (Å²) in [4.78, 5) is 2.43. The molecule has 2 N–H and O–H groups in total. The third-order valence-electron chi connectivity index (χ3n) is 4.09. The van der Waals surface area contributed by atoms with Crippen molar-refractivity contribution < 1.29 is 4.74 Å². The lowest BCUT2D eigenvalue weighted by atomic mass is 9.66. The van der Waals surface area contributed by atoms with E-state index < -0.39 is 0 Å². The monoisotopic (exact) mass is 198 g/mol. The van der Waals surface area contributed by atoms with Gasteiger partial charge in [-0.3, -0.25) is 0 Å². The second-order valence-corrected chi connectivity index (χ2v) is 5.12. The number of rotatable bonds is 2. The van der Waals surface area contributed by atoms with Crippen LogP contribution in [0.3, 0.4) is 0 Å². The fraction of sp³-hybridized carbons (Fsp3) is 1.00. The van der Waals surface area contributed by atoms with Gasteiger partial charge in [0, 0.05) is 18.0 Å². The minimum Gasteiger partial charge on any atom is -0.380 e. The molecule has 0 spiro atoms. The summed E-state index contributed by atoms with van der Waals surface area (Å²) >= 11 is 0. The van der Waals surface area contributed by atoms with Gasteiger partial charge in [-0.2, -0.15) is 0 Å². The van der Waals surface area contributed by atoms with Crippen LogP contribution in [0.1, 0.15) is 19.8 Å². The van der Waals surface area contributed by atoms with Crippen LogP contribution in [-0.4, -0.2) is 44.3 Å². The van der Waals surface area contributed by atoms with E-state index in [0.29, 0.717) is 0 Å². The minimum absolute atomic E-state index is 0.271. The largest absolute Gasteiger partial charge is 0.380 e. The van der Waals surface area contributed by atoms with E-state index in [2.05, 4.69) is 18.9 Å². The first-order valence-corrected chi connectivity index (χ1v) is 5.67. The Labute approximate surface area is 86.6 Å². The lowest BCUT2D eigenvalue weighted by Crippen LogP contribution is -2.61. The van der Waals surface area contributed by atoms with E-state index in [1.54, 1.807) is 0 Å². The molecule has 0 bridgehead atoms. The lowest BCUT2D eigenvalue weighted by molar-refractivity contribution is -0.166. The smallest absolute Gasteiger partial charge is 0.0562 e. The first-order chi connectivity index (χ1) is 6.65. The summed E-state index contributed by atoms with van der Waals surface area (Å²) in [7, 11) is 2.21. The van der Waals surface area contributed by atoms with Crippen LogP contribution in [0.2, 0.25) is 0 Å². The molecule has 2 unspecified atom stereocenters. The first-order valence-electron chi connectivity index (χ1n) is 5.67. The second-order valence-electron chi connectivity index (χ2n) is 5.12. The second kappa shape index (κ2) is 3.80. The quantitative estimate of drug-likeness (QED) is 0.709. The van der Waals surface area contributed by atoms with Gasteiger partial charge in [0.05, 0.1) is 13.2 Å². The molecule has 2 aliphatic heterocycles. The van der Waals surface area contributed by atoms with Crippen LogP contribution in [0.15, 0.2) is 0 Å². The molecule has 0 aromatic carbocycles. The minimum atomic E-state index is 0.271. The Morgan fingerprint density at radius 3 is 2.64 bits per heavy atom. The van der Waals surface area contributed by atoms with Crippen LogP contribution in [0.4, 0.5) is 0 Å². The van der Waals surface area contributed by atoms with Crippen molar-refractivity contribution in [1.29, 1.82) is 0 Å². The van der Waals surface area contributed by atoms with E-state index in [1.165, 1.54) is 25.9 Å². The molecule has 0 radical (unpaired) electrons. The summed E-state index contributed by atoms with van der Waals surface area (Å²) in [6, 6.07) is 0.271. The van der Waals surface area contributed by atoms with E-state index in [9.17, 15) is 0 Å². The van der Waals surface area contributed by atoms with Gasteiger partial charge in [0.1, 0.15) is 0 Å². The topological polar surface area (TPSA) is 38.5 Å². The molecule has 2 aliphatic rings. The zero-order chi connectivity index (χ0) is 10.2. The summed E-state index contributed by atoms with van der Waals surface area (Å²) in [5, 5.41) is 0. The number of piperidine rings is 1. The molecule has 82 valence electrons. The Hall–Kier alpha value is -0.120. The summed E-state index contributed by atoms with van der Waals surface area (Å²) in [6.07, 6.45) is 2.64. The zero-order valence-electron chi connectivity index (χ0n) is 9.33. The highest BCUT2D eigenvalue weighted by atomic mass is 16.5. The Morgan fingerprint density at radius 1 is 1.50 bits per heavy atom. The van der Waals surface area contributed by atoms with E-state index in [-0.39, 0.29) is 11.5 Å². The van der Waals surface area contributed by atoms with Crippen molar-refractivity contribution in [2.24, 2.45) is 17.1 Å². The van der Waals surface area contributed by atoms with Gasteiger partial charge in [0.2, 0.25) is 0 Å². The van der Waals surface area contributed by atoms with Crippen molar-refractivity contribution in [3.63, 3.8) is 0 Å². The van der Waals surface area contributed by atoms with E-state index in [4.69, 9.17) is 10.5 Å². The van der Waals surface area contributed by atoms with Gasteiger partial charge in [0.15, 0.2) is 0 Å². The third kappa shape index (κ3) is 1.58. The van der Waals surface area contributed by atoms with Crippen molar-refractivity contribution in [3.05, 3.63) is 0 Å². The Bertz CT molecular complexity index is 201. The highest BCUT2D eigenvalue weighted by molar-refractivity contribution is 4.99. The van der Waals surface area contributed by atoms with Gasteiger partial charge in [-0.1, -0.05) is 0 Å². The molecule has 3 nitrogen and oxygen atoms in total. The highest BCUT2D eigenvalue weighted by Crippen LogP contribution is 2.42. The summed E-state index contributed by atoms with van der Waals surface area (Å²) < 4.78 is 5.39. The van der Waals surface area contributed by atoms with Gasteiger partial charge in [-0.25, -0.2) is 0 Å². The average molecular weight is 198 g/mol. The van der Waals surface area contributed by atoms with Crippen molar-refractivity contribution in [2.45, 2.75) is 25.8 Å². The summed E-state index contributed by atoms with van der Waals surface area (Å²) in [5.41, 5.74) is 6.40. The van der Waals surface area contributed by atoms with Gasteiger partial charge in [0.25, 0.3) is 0 Å². The number of hydrogen-bond donors (Lipinski definition) is 1. The van der Waals surface area contributed by atoms with E-state index in [1.807, 2.05) is 0 Å². The Kier molecular flexibility index (Phi) is 2.82.